The molecule has 2 aromatic carbocycles. The van der Waals surface area contributed by atoms with E-state index in [0.29, 0.717) is 18.0 Å². The molecule has 0 fully saturated rings. The zero-order chi connectivity index (χ0) is 15.9. The highest BCUT2D eigenvalue weighted by Crippen LogP contribution is 2.15. The normalized spacial score (nSPS) is 10.7. The number of carbonyl (C=O) groups excluding carboxylic acids is 1. The van der Waals surface area contributed by atoms with Gasteiger partial charge in [0.1, 0.15) is 0 Å². The standard InChI is InChI=1S/C18H21ClN2O/c1-21(2)13-16-9-4-3-8-15(16)12-20-18(22)11-14-7-5-6-10-17(14)19/h3-10H,11-13H2,1-2H3,(H,20,22). The van der Waals surface area contributed by atoms with Crippen LogP contribution in [0.3, 0.4) is 0 Å². The molecule has 0 unspecified atom stereocenters. The van der Waals surface area contributed by atoms with Crippen LogP contribution in [0, 0.1) is 0 Å². The van der Waals surface area contributed by atoms with Crippen molar-refractivity contribution in [3.8, 4) is 0 Å². The van der Waals surface area contributed by atoms with E-state index in [9.17, 15) is 4.79 Å². The van der Waals surface area contributed by atoms with Gasteiger partial charge in [0, 0.05) is 18.1 Å². The Hall–Kier alpha value is -1.84. The van der Waals surface area contributed by atoms with Gasteiger partial charge < -0.3 is 10.2 Å². The summed E-state index contributed by atoms with van der Waals surface area (Å²) < 4.78 is 0. The number of rotatable bonds is 6. The number of halogens is 1. The number of hydrogen-bond donors (Lipinski definition) is 1. The van der Waals surface area contributed by atoms with Gasteiger partial charge in [-0.1, -0.05) is 54.1 Å². The molecule has 0 bridgehead atoms. The lowest BCUT2D eigenvalue weighted by Gasteiger charge is -2.14. The molecule has 0 aliphatic carbocycles. The van der Waals surface area contributed by atoms with Crippen LogP contribution in [0.4, 0.5) is 0 Å². The first kappa shape index (κ1) is 16.5. The molecule has 3 nitrogen and oxygen atoms in total. The number of amides is 1. The predicted molar refractivity (Wildman–Crippen MR) is 90.8 cm³/mol. The van der Waals surface area contributed by atoms with Crippen LogP contribution in [0.5, 0.6) is 0 Å². The predicted octanol–water partition coefficient (Wildman–Crippen LogP) is 3.26. The molecule has 1 N–H and O–H groups in total. The number of nitrogens with zero attached hydrogens (tertiary/aromatic N) is 1. The third kappa shape index (κ3) is 4.86. The molecule has 116 valence electrons. The summed E-state index contributed by atoms with van der Waals surface area (Å²) in [5, 5.41) is 3.60. The van der Waals surface area contributed by atoms with Gasteiger partial charge in [0.05, 0.1) is 6.42 Å². The van der Waals surface area contributed by atoms with Gasteiger partial charge in [0.2, 0.25) is 5.91 Å². The van der Waals surface area contributed by atoms with Gasteiger partial charge in [-0.3, -0.25) is 4.79 Å². The molecule has 0 radical (unpaired) electrons. The molecule has 0 saturated carbocycles. The smallest absolute Gasteiger partial charge is 0.224 e. The number of hydrogen-bond acceptors (Lipinski definition) is 2. The van der Waals surface area contributed by atoms with E-state index < -0.39 is 0 Å². The van der Waals surface area contributed by atoms with Gasteiger partial charge in [0.25, 0.3) is 0 Å². The zero-order valence-corrected chi connectivity index (χ0v) is 13.7. The fraction of sp³-hybridized carbons (Fsp3) is 0.278. The fourth-order valence-electron chi connectivity index (χ4n) is 2.30. The van der Waals surface area contributed by atoms with Crippen molar-refractivity contribution in [1.82, 2.24) is 10.2 Å². The molecule has 4 heteroatoms. The van der Waals surface area contributed by atoms with Crippen LogP contribution < -0.4 is 5.32 Å². The molecule has 1 amide bonds. The van der Waals surface area contributed by atoms with E-state index in [2.05, 4.69) is 22.3 Å². The van der Waals surface area contributed by atoms with Crippen LogP contribution in [0.2, 0.25) is 5.02 Å². The van der Waals surface area contributed by atoms with E-state index >= 15 is 0 Å². The van der Waals surface area contributed by atoms with Crippen molar-refractivity contribution in [2.45, 2.75) is 19.5 Å². The van der Waals surface area contributed by atoms with Gasteiger partial charge in [-0.15, -0.1) is 0 Å². The lowest BCUT2D eigenvalue weighted by Crippen LogP contribution is -2.25. The number of benzene rings is 2. The second kappa shape index (κ2) is 7.97. The average molecular weight is 317 g/mol. The molecule has 0 spiro atoms. The first-order valence-electron chi connectivity index (χ1n) is 7.28. The minimum Gasteiger partial charge on any atom is -0.352 e. The molecule has 0 heterocycles. The van der Waals surface area contributed by atoms with E-state index in [-0.39, 0.29) is 5.91 Å². The molecule has 0 saturated heterocycles. The Morgan fingerprint density at radius 1 is 1.00 bits per heavy atom. The monoisotopic (exact) mass is 316 g/mol. The fourth-order valence-corrected chi connectivity index (χ4v) is 2.50. The number of carbonyl (C=O) groups is 1. The maximum atomic E-state index is 12.1. The van der Waals surface area contributed by atoms with Gasteiger partial charge in [-0.25, -0.2) is 0 Å². The van der Waals surface area contributed by atoms with Gasteiger partial charge >= 0.3 is 0 Å². The van der Waals surface area contributed by atoms with Crippen LogP contribution in [-0.2, 0) is 24.3 Å². The second-order valence-corrected chi connectivity index (χ2v) is 5.96. The van der Waals surface area contributed by atoms with E-state index in [1.165, 1.54) is 5.56 Å². The van der Waals surface area contributed by atoms with Gasteiger partial charge in [-0.05, 0) is 36.9 Å². The van der Waals surface area contributed by atoms with E-state index in [0.717, 1.165) is 17.7 Å². The SMILES string of the molecule is CN(C)Cc1ccccc1CNC(=O)Cc1ccccc1Cl. The van der Waals surface area contributed by atoms with Gasteiger partial charge in [-0.2, -0.15) is 0 Å². The highest BCUT2D eigenvalue weighted by molar-refractivity contribution is 6.31. The zero-order valence-electron chi connectivity index (χ0n) is 13.0. The minimum absolute atomic E-state index is 0.0206. The summed E-state index contributed by atoms with van der Waals surface area (Å²) in [5.74, 6) is -0.0206. The average Bonchev–Trinajstić information content (AvgIpc) is 2.48. The third-order valence-electron chi connectivity index (χ3n) is 3.39. The lowest BCUT2D eigenvalue weighted by atomic mass is 10.1. The van der Waals surface area contributed by atoms with Crippen molar-refractivity contribution < 1.29 is 4.79 Å². The maximum Gasteiger partial charge on any atom is 0.224 e. The third-order valence-corrected chi connectivity index (χ3v) is 3.76. The molecule has 0 aromatic heterocycles. The Kier molecular flexibility index (Phi) is 5.99. The quantitative estimate of drug-likeness (QED) is 0.887. The van der Waals surface area contributed by atoms with Crippen molar-refractivity contribution in [3.05, 3.63) is 70.2 Å². The summed E-state index contributed by atoms with van der Waals surface area (Å²) in [6.07, 6.45) is 0.301. The number of nitrogens with one attached hydrogen (secondary N) is 1. The Labute approximate surface area is 136 Å². The maximum absolute atomic E-state index is 12.1. The first-order valence-corrected chi connectivity index (χ1v) is 7.65. The van der Waals surface area contributed by atoms with Crippen molar-refractivity contribution >= 4 is 17.5 Å². The molecule has 2 aromatic rings. The lowest BCUT2D eigenvalue weighted by molar-refractivity contribution is -0.120. The largest absolute Gasteiger partial charge is 0.352 e. The molecule has 0 aliphatic rings. The molecule has 0 aliphatic heterocycles. The second-order valence-electron chi connectivity index (χ2n) is 5.55. The van der Waals surface area contributed by atoms with Crippen molar-refractivity contribution in [3.63, 3.8) is 0 Å². The van der Waals surface area contributed by atoms with Crippen molar-refractivity contribution in [2.24, 2.45) is 0 Å². The summed E-state index contributed by atoms with van der Waals surface area (Å²) in [5.41, 5.74) is 3.22. The molecule has 22 heavy (non-hydrogen) atoms. The van der Waals surface area contributed by atoms with Crippen LogP contribution in [0.25, 0.3) is 0 Å². The molecule has 0 atom stereocenters. The van der Waals surface area contributed by atoms with Crippen LogP contribution >= 0.6 is 11.6 Å². The summed E-state index contributed by atoms with van der Waals surface area (Å²) >= 11 is 6.08. The van der Waals surface area contributed by atoms with Crippen LogP contribution in [-0.4, -0.2) is 24.9 Å². The summed E-state index contributed by atoms with van der Waals surface area (Å²) in [6.45, 7) is 1.39. The Balaban J connectivity index is 1.95. The first-order chi connectivity index (χ1) is 10.6. The van der Waals surface area contributed by atoms with Crippen LogP contribution in [0.15, 0.2) is 48.5 Å². The Bertz CT molecular complexity index is 640. The summed E-state index contributed by atoms with van der Waals surface area (Å²) in [6, 6.07) is 15.6. The van der Waals surface area contributed by atoms with Crippen molar-refractivity contribution in [1.29, 1.82) is 0 Å². The Morgan fingerprint density at radius 3 is 2.23 bits per heavy atom. The Morgan fingerprint density at radius 2 is 1.59 bits per heavy atom. The van der Waals surface area contributed by atoms with Crippen LogP contribution in [0.1, 0.15) is 16.7 Å². The van der Waals surface area contributed by atoms with Gasteiger partial charge in [0.15, 0.2) is 0 Å². The molecular formula is C18H21ClN2O. The highest BCUT2D eigenvalue weighted by Gasteiger charge is 2.08. The topological polar surface area (TPSA) is 32.3 Å². The molecular weight excluding hydrogens is 296 g/mol. The summed E-state index contributed by atoms with van der Waals surface area (Å²) in [4.78, 5) is 14.2. The summed E-state index contributed by atoms with van der Waals surface area (Å²) in [7, 11) is 4.07. The highest BCUT2D eigenvalue weighted by atomic mass is 35.5. The van der Waals surface area contributed by atoms with Crippen molar-refractivity contribution in [2.75, 3.05) is 14.1 Å². The minimum atomic E-state index is -0.0206. The molecule has 2 rings (SSSR count). The van der Waals surface area contributed by atoms with E-state index in [1.807, 2.05) is 44.4 Å². The van der Waals surface area contributed by atoms with E-state index in [4.69, 9.17) is 11.6 Å². The van der Waals surface area contributed by atoms with E-state index in [1.54, 1.807) is 6.07 Å².